The Bertz CT molecular complexity index is 612. The lowest BCUT2D eigenvalue weighted by Crippen LogP contribution is -2.35. The molecule has 0 saturated carbocycles. The van der Waals surface area contributed by atoms with Crippen LogP contribution in [0, 0.1) is 0 Å². The van der Waals surface area contributed by atoms with E-state index in [4.69, 9.17) is 9.57 Å². The molecule has 0 radical (unpaired) electrons. The maximum absolute atomic E-state index is 11.8. The molecule has 1 aromatic heterocycles. The molecule has 1 saturated heterocycles. The summed E-state index contributed by atoms with van der Waals surface area (Å²) in [6.45, 7) is 4.16. The summed E-state index contributed by atoms with van der Waals surface area (Å²) in [6.07, 6.45) is 0. The third-order valence-corrected chi connectivity index (χ3v) is 4.07. The number of morpholine rings is 1. The first-order valence-corrected chi connectivity index (χ1v) is 7.96. The molecule has 6 nitrogen and oxygen atoms in total. The Labute approximate surface area is 132 Å². The van der Waals surface area contributed by atoms with Gasteiger partial charge in [-0.2, -0.15) is 5.48 Å². The van der Waals surface area contributed by atoms with Gasteiger partial charge in [0.2, 0.25) is 5.13 Å². The molecule has 0 unspecified atom stereocenters. The van der Waals surface area contributed by atoms with E-state index in [1.807, 2.05) is 11.4 Å². The quantitative estimate of drug-likeness (QED) is 0.852. The van der Waals surface area contributed by atoms with Gasteiger partial charge in [-0.15, -0.1) is 11.3 Å². The topological polar surface area (TPSA) is 63.7 Å². The van der Waals surface area contributed by atoms with Crippen molar-refractivity contribution >= 4 is 22.4 Å². The van der Waals surface area contributed by atoms with Gasteiger partial charge < -0.3 is 9.57 Å². The molecule has 1 aliphatic rings. The van der Waals surface area contributed by atoms with E-state index in [2.05, 4.69) is 15.4 Å². The Balaban J connectivity index is 1.50. The van der Waals surface area contributed by atoms with Crippen LogP contribution < -0.4 is 5.48 Å². The van der Waals surface area contributed by atoms with Crippen molar-refractivity contribution in [2.45, 2.75) is 6.54 Å². The average molecular weight is 319 g/mol. The summed E-state index contributed by atoms with van der Waals surface area (Å²) < 4.78 is 5.32. The van der Waals surface area contributed by atoms with Crippen LogP contribution in [0.15, 0.2) is 35.7 Å². The molecule has 0 atom stereocenters. The largest absolute Gasteiger partial charge is 0.379 e. The zero-order valence-corrected chi connectivity index (χ0v) is 12.8. The first-order valence-electron chi connectivity index (χ1n) is 7.08. The number of anilines is 1. The van der Waals surface area contributed by atoms with Crippen molar-refractivity contribution in [3.8, 4) is 0 Å². The van der Waals surface area contributed by atoms with Crippen LogP contribution in [0.25, 0.3) is 0 Å². The average Bonchev–Trinajstić information content (AvgIpc) is 3.02. The van der Waals surface area contributed by atoms with Crippen molar-refractivity contribution in [2.24, 2.45) is 0 Å². The normalized spacial score (nSPS) is 15.5. The molecule has 0 amide bonds. The molecule has 3 rings (SSSR count). The van der Waals surface area contributed by atoms with Crippen LogP contribution in [0.1, 0.15) is 16.1 Å². The zero-order valence-electron chi connectivity index (χ0n) is 12.0. The number of ether oxygens (including phenoxy) is 1. The van der Waals surface area contributed by atoms with Crippen molar-refractivity contribution in [3.63, 3.8) is 0 Å². The third-order valence-electron chi connectivity index (χ3n) is 3.28. The lowest BCUT2D eigenvalue weighted by Gasteiger charge is -2.25. The SMILES string of the molecule is O=C(ONc1nc(CN2CCOCC2)cs1)c1ccccc1. The number of carbonyl (C=O) groups excluding carboxylic acids is 1. The number of rotatable bonds is 5. The molecule has 1 aromatic carbocycles. The summed E-state index contributed by atoms with van der Waals surface area (Å²) in [5, 5.41) is 2.54. The summed E-state index contributed by atoms with van der Waals surface area (Å²) in [6, 6.07) is 8.84. The molecule has 22 heavy (non-hydrogen) atoms. The van der Waals surface area contributed by atoms with Crippen LogP contribution >= 0.6 is 11.3 Å². The lowest BCUT2D eigenvalue weighted by atomic mass is 10.2. The lowest BCUT2D eigenvalue weighted by molar-refractivity contribution is 0.0337. The highest BCUT2D eigenvalue weighted by molar-refractivity contribution is 7.13. The second kappa shape index (κ2) is 7.35. The van der Waals surface area contributed by atoms with E-state index < -0.39 is 5.97 Å². The van der Waals surface area contributed by atoms with E-state index in [1.165, 1.54) is 11.3 Å². The van der Waals surface area contributed by atoms with Crippen LogP contribution in [-0.4, -0.2) is 42.2 Å². The number of nitrogens with zero attached hydrogens (tertiary/aromatic N) is 2. The highest BCUT2D eigenvalue weighted by Crippen LogP contribution is 2.17. The Morgan fingerprint density at radius 2 is 2.09 bits per heavy atom. The first-order chi connectivity index (χ1) is 10.8. The molecule has 2 heterocycles. The number of thiazole rings is 1. The van der Waals surface area contributed by atoms with Crippen LogP contribution in [0.4, 0.5) is 5.13 Å². The third kappa shape index (κ3) is 4.03. The second-order valence-corrected chi connectivity index (χ2v) is 5.75. The Kier molecular flexibility index (Phi) is 4.99. The standard InChI is InChI=1S/C15H17N3O3S/c19-14(12-4-2-1-3-5-12)21-17-15-16-13(11-22-15)10-18-6-8-20-9-7-18/h1-5,11H,6-10H2,(H,16,17). The van der Waals surface area contributed by atoms with Crippen molar-refractivity contribution in [2.75, 3.05) is 31.8 Å². The number of benzene rings is 1. The fourth-order valence-electron chi connectivity index (χ4n) is 2.14. The monoisotopic (exact) mass is 319 g/mol. The molecule has 1 fully saturated rings. The molecule has 1 N–H and O–H groups in total. The molecule has 116 valence electrons. The Hall–Kier alpha value is -1.96. The number of aromatic nitrogens is 1. The maximum Gasteiger partial charge on any atom is 0.362 e. The van der Waals surface area contributed by atoms with Gasteiger partial charge in [0.05, 0.1) is 24.5 Å². The fraction of sp³-hybridized carbons (Fsp3) is 0.333. The number of hydrogen-bond donors (Lipinski definition) is 1. The van der Waals surface area contributed by atoms with Crippen LogP contribution in [-0.2, 0) is 16.1 Å². The zero-order chi connectivity index (χ0) is 15.2. The summed E-state index contributed by atoms with van der Waals surface area (Å²) in [5.74, 6) is -0.425. The summed E-state index contributed by atoms with van der Waals surface area (Å²) >= 11 is 1.42. The van der Waals surface area contributed by atoms with Gasteiger partial charge in [0.1, 0.15) is 0 Å². The van der Waals surface area contributed by atoms with Gasteiger partial charge in [-0.25, -0.2) is 9.78 Å². The van der Waals surface area contributed by atoms with Crippen LogP contribution in [0.2, 0.25) is 0 Å². The van der Waals surface area contributed by atoms with Gasteiger partial charge in [0.15, 0.2) is 0 Å². The fourth-order valence-corrected chi connectivity index (χ4v) is 2.77. The van der Waals surface area contributed by atoms with Gasteiger partial charge in [-0.1, -0.05) is 18.2 Å². The Morgan fingerprint density at radius 1 is 1.32 bits per heavy atom. The molecule has 2 aromatic rings. The molecular weight excluding hydrogens is 302 g/mol. The molecule has 0 bridgehead atoms. The van der Waals surface area contributed by atoms with E-state index in [9.17, 15) is 4.79 Å². The number of hydrogen-bond acceptors (Lipinski definition) is 7. The predicted molar refractivity (Wildman–Crippen MR) is 83.7 cm³/mol. The van der Waals surface area contributed by atoms with E-state index >= 15 is 0 Å². The van der Waals surface area contributed by atoms with E-state index in [-0.39, 0.29) is 0 Å². The Morgan fingerprint density at radius 3 is 2.86 bits per heavy atom. The van der Waals surface area contributed by atoms with Crippen LogP contribution in [0.3, 0.4) is 0 Å². The second-order valence-electron chi connectivity index (χ2n) is 4.89. The first kappa shape index (κ1) is 15.0. The van der Waals surface area contributed by atoms with E-state index in [0.717, 1.165) is 38.5 Å². The maximum atomic E-state index is 11.8. The number of nitrogens with one attached hydrogen (secondary N) is 1. The highest BCUT2D eigenvalue weighted by atomic mass is 32.1. The minimum absolute atomic E-state index is 0.425. The van der Waals surface area contributed by atoms with Crippen molar-refractivity contribution in [1.82, 2.24) is 9.88 Å². The predicted octanol–water partition coefficient (Wildman–Crippen LogP) is 2.16. The molecule has 1 aliphatic heterocycles. The van der Waals surface area contributed by atoms with Gasteiger partial charge >= 0.3 is 5.97 Å². The van der Waals surface area contributed by atoms with Gasteiger partial charge in [-0.3, -0.25) is 4.90 Å². The highest BCUT2D eigenvalue weighted by Gasteiger charge is 2.13. The van der Waals surface area contributed by atoms with Gasteiger partial charge in [-0.05, 0) is 12.1 Å². The minimum Gasteiger partial charge on any atom is -0.379 e. The van der Waals surface area contributed by atoms with Gasteiger partial charge in [0.25, 0.3) is 0 Å². The summed E-state index contributed by atoms with van der Waals surface area (Å²) in [4.78, 5) is 23.6. The number of carbonyl (C=O) groups is 1. The molecule has 7 heteroatoms. The molecule has 0 spiro atoms. The summed E-state index contributed by atoms with van der Waals surface area (Å²) in [5.41, 5.74) is 4.08. The smallest absolute Gasteiger partial charge is 0.362 e. The van der Waals surface area contributed by atoms with Crippen LogP contribution in [0.5, 0.6) is 0 Å². The molecular formula is C15H17N3O3S. The van der Waals surface area contributed by atoms with Crippen molar-refractivity contribution in [3.05, 3.63) is 47.0 Å². The van der Waals surface area contributed by atoms with E-state index in [1.54, 1.807) is 24.3 Å². The molecule has 0 aliphatic carbocycles. The minimum atomic E-state index is -0.425. The summed E-state index contributed by atoms with van der Waals surface area (Å²) in [7, 11) is 0. The van der Waals surface area contributed by atoms with Crippen molar-refractivity contribution < 1.29 is 14.4 Å². The van der Waals surface area contributed by atoms with Crippen molar-refractivity contribution in [1.29, 1.82) is 0 Å². The van der Waals surface area contributed by atoms with Gasteiger partial charge in [0, 0.05) is 25.0 Å². The van der Waals surface area contributed by atoms with E-state index in [0.29, 0.717) is 10.7 Å².